The van der Waals surface area contributed by atoms with Crippen LogP contribution in [-0.4, -0.2) is 43.0 Å². The zero-order valence-electron chi connectivity index (χ0n) is 23.5. The summed E-state index contributed by atoms with van der Waals surface area (Å²) in [5.74, 6) is -0.102. The maximum Gasteiger partial charge on any atom is 0.314 e. The zero-order chi connectivity index (χ0) is 29.0. The van der Waals surface area contributed by atoms with E-state index in [0.29, 0.717) is 41.7 Å². The van der Waals surface area contributed by atoms with E-state index in [9.17, 15) is 18.0 Å². The number of nitrogens with one attached hydrogen (secondary N) is 1. The minimum Gasteiger partial charge on any atom is -0.364 e. The Morgan fingerprint density at radius 1 is 1.05 bits per heavy atom. The lowest BCUT2D eigenvalue weighted by Crippen LogP contribution is -2.62. The molecule has 39 heavy (non-hydrogen) atoms. The Bertz CT molecular complexity index is 1450. The Kier molecular flexibility index (Phi) is 9.34. The van der Waals surface area contributed by atoms with Crippen LogP contribution >= 0.6 is 0 Å². The summed E-state index contributed by atoms with van der Waals surface area (Å²) in [6.45, 7) is 9.43. The minimum absolute atomic E-state index is 0.0555. The van der Waals surface area contributed by atoms with E-state index >= 15 is 0 Å². The summed E-state index contributed by atoms with van der Waals surface area (Å²) in [5, 5.41) is 3.84. The molecule has 1 heterocycles. The van der Waals surface area contributed by atoms with Crippen LogP contribution in [0.4, 0.5) is 5.82 Å². The van der Waals surface area contributed by atoms with E-state index in [1.54, 1.807) is 39.1 Å². The second-order valence-electron chi connectivity index (χ2n) is 10.3. The number of benzene rings is 2. The first-order valence-electron chi connectivity index (χ1n) is 13.2. The molecule has 3 atom stereocenters. The number of anilines is 1. The van der Waals surface area contributed by atoms with E-state index in [1.807, 2.05) is 45.0 Å². The van der Waals surface area contributed by atoms with Crippen LogP contribution in [0.2, 0.25) is 0 Å². The maximum atomic E-state index is 13.6. The van der Waals surface area contributed by atoms with Crippen LogP contribution in [0.15, 0.2) is 57.9 Å². The average molecular weight is 556 g/mol. The molecule has 0 saturated heterocycles. The fourth-order valence-corrected chi connectivity index (χ4v) is 6.33. The Hall–Kier alpha value is -3.50. The number of hydrogen-bond donors (Lipinski definition) is 2. The summed E-state index contributed by atoms with van der Waals surface area (Å²) in [5.41, 5.74) is 8.34. The quantitative estimate of drug-likeness (QED) is 0.305. The van der Waals surface area contributed by atoms with Crippen molar-refractivity contribution in [1.29, 1.82) is 0 Å². The van der Waals surface area contributed by atoms with Crippen LogP contribution in [0.1, 0.15) is 56.9 Å². The van der Waals surface area contributed by atoms with Gasteiger partial charge in [0, 0.05) is 22.6 Å². The molecule has 0 fully saturated rings. The highest BCUT2D eigenvalue weighted by atomic mass is 32.2. The first kappa shape index (κ1) is 30.0. The maximum absolute atomic E-state index is 13.6. The topological polar surface area (TPSA) is 132 Å². The predicted molar refractivity (Wildman–Crippen MR) is 151 cm³/mol. The average Bonchev–Trinajstić information content (AvgIpc) is 3.20. The highest BCUT2D eigenvalue weighted by Crippen LogP contribution is 2.35. The van der Waals surface area contributed by atoms with E-state index in [1.165, 1.54) is 6.07 Å². The number of rotatable bonds is 12. The number of aromatic nitrogens is 1. The third kappa shape index (κ3) is 6.23. The SMILES string of the molecule is CCCC(=O)[N+](C)(Cc1ccccc1-c1ccccc1S(=O)(=O)Nc1noc(C)c1C)[C@H](C(N)=O)[C@@H](C)CC. The molecule has 0 saturated carbocycles. The molecule has 0 radical (unpaired) electrons. The number of aryl methyl sites for hydroxylation is 1. The van der Waals surface area contributed by atoms with E-state index in [2.05, 4.69) is 9.88 Å². The zero-order valence-corrected chi connectivity index (χ0v) is 24.3. The molecule has 3 N–H and O–H groups in total. The summed E-state index contributed by atoms with van der Waals surface area (Å²) in [4.78, 5) is 26.4. The van der Waals surface area contributed by atoms with Gasteiger partial charge in [-0.05, 0) is 38.3 Å². The number of sulfonamides is 1. The smallest absolute Gasteiger partial charge is 0.314 e. The monoisotopic (exact) mass is 555 g/mol. The van der Waals surface area contributed by atoms with Gasteiger partial charge in [0.05, 0.1) is 18.4 Å². The normalized spacial score (nSPS) is 14.8. The summed E-state index contributed by atoms with van der Waals surface area (Å²) in [7, 11) is -2.29. The Balaban J connectivity index is 2.15. The summed E-state index contributed by atoms with van der Waals surface area (Å²) < 4.78 is 34.6. The number of quaternary nitrogens is 1. The highest BCUT2D eigenvalue weighted by molar-refractivity contribution is 7.92. The van der Waals surface area contributed by atoms with Gasteiger partial charge in [0.2, 0.25) is 0 Å². The van der Waals surface area contributed by atoms with Crippen LogP contribution in [-0.2, 0) is 26.2 Å². The van der Waals surface area contributed by atoms with Crippen LogP contribution in [0.25, 0.3) is 11.1 Å². The molecule has 1 aromatic heterocycles. The van der Waals surface area contributed by atoms with Gasteiger partial charge in [0.15, 0.2) is 11.9 Å². The second kappa shape index (κ2) is 12.1. The summed E-state index contributed by atoms with van der Waals surface area (Å²) in [6, 6.07) is 13.3. The number of carbonyl (C=O) groups excluding carboxylic acids is 2. The van der Waals surface area contributed by atoms with Crippen molar-refractivity contribution in [3.8, 4) is 11.1 Å². The number of primary amides is 1. The second-order valence-corrected chi connectivity index (χ2v) is 11.9. The van der Waals surface area contributed by atoms with Gasteiger partial charge < -0.3 is 10.3 Å². The van der Waals surface area contributed by atoms with Crippen molar-refractivity contribution in [1.82, 2.24) is 5.16 Å². The first-order chi connectivity index (χ1) is 18.4. The lowest BCUT2D eigenvalue weighted by atomic mass is 9.92. The van der Waals surface area contributed by atoms with E-state index in [4.69, 9.17) is 10.3 Å². The fraction of sp³-hybridized carbons (Fsp3) is 0.414. The predicted octanol–water partition coefficient (Wildman–Crippen LogP) is 4.93. The van der Waals surface area contributed by atoms with Crippen molar-refractivity contribution in [2.75, 3.05) is 11.8 Å². The van der Waals surface area contributed by atoms with Gasteiger partial charge in [-0.2, -0.15) is 0 Å². The molecule has 0 spiro atoms. The molecule has 210 valence electrons. The van der Waals surface area contributed by atoms with Crippen LogP contribution in [0.5, 0.6) is 0 Å². The molecule has 3 rings (SSSR count). The standard InChI is InChI=1S/C29H38N4O5S/c1-7-13-26(34)33(6,27(28(30)35)19(3)8-2)18-22-14-9-10-15-23(22)24-16-11-12-17-25(24)39(36,37)32-29-20(4)21(5)38-31-29/h9-12,14-17,19,27H,7-8,13,18H2,1-6H3,(H2-,30,31,32,35)/p+1/t19-,27-,33?/m0/s1. The van der Waals surface area contributed by atoms with Crippen molar-refractivity contribution < 1.29 is 27.0 Å². The van der Waals surface area contributed by atoms with Crippen LogP contribution in [0.3, 0.4) is 0 Å². The third-order valence-corrected chi connectivity index (χ3v) is 8.89. The van der Waals surface area contributed by atoms with Crippen molar-refractivity contribution in [2.24, 2.45) is 11.7 Å². The van der Waals surface area contributed by atoms with Gasteiger partial charge in [0.1, 0.15) is 12.3 Å². The molecule has 9 nitrogen and oxygen atoms in total. The molecular formula is C29H39N4O5S+. The molecule has 0 bridgehead atoms. The molecule has 10 heteroatoms. The van der Waals surface area contributed by atoms with Gasteiger partial charge in [-0.3, -0.25) is 9.52 Å². The van der Waals surface area contributed by atoms with Crippen LogP contribution in [0, 0.1) is 19.8 Å². The largest absolute Gasteiger partial charge is 0.364 e. The van der Waals surface area contributed by atoms with Gasteiger partial charge in [-0.1, -0.05) is 68.4 Å². The number of likely N-dealkylation sites (N-methyl/N-ethyl adjacent to an activating group) is 1. The number of amides is 2. The first-order valence-corrected chi connectivity index (χ1v) is 14.7. The fourth-order valence-electron chi connectivity index (χ4n) is 5.05. The number of hydrogen-bond acceptors (Lipinski definition) is 6. The van der Waals surface area contributed by atoms with E-state index in [0.717, 1.165) is 5.56 Å². The van der Waals surface area contributed by atoms with Crippen molar-refractivity contribution in [2.45, 2.75) is 71.4 Å². The third-order valence-electron chi connectivity index (χ3n) is 7.49. The van der Waals surface area contributed by atoms with Crippen molar-refractivity contribution >= 4 is 27.7 Å². The molecule has 2 aromatic carbocycles. The molecule has 0 aliphatic carbocycles. The van der Waals surface area contributed by atoms with Gasteiger partial charge >= 0.3 is 5.91 Å². The Morgan fingerprint density at radius 3 is 2.23 bits per heavy atom. The van der Waals surface area contributed by atoms with E-state index in [-0.39, 0.29) is 33.6 Å². The lowest BCUT2D eigenvalue weighted by Gasteiger charge is -2.40. The molecule has 3 aromatic rings. The van der Waals surface area contributed by atoms with Gasteiger partial charge in [-0.25, -0.2) is 17.7 Å². The van der Waals surface area contributed by atoms with Gasteiger partial charge in [-0.15, -0.1) is 0 Å². The minimum atomic E-state index is -4.05. The van der Waals surface area contributed by atoms with Crippen molar-refractivity contribution in [3.63, 3.8) is 0 Å². The van der Waals surface area contributed by atoms with E-state index < -0.39 is 22.0 Å². The summed E-state index contributed by atoms with van der Waals surface area (Å²) in [6.07, 6.45) is 1.61. The molecule has 0 aliphatic heterocycles. The lowest BCUT2D eigenvalue weighted by molar-refractivity contribution is -0.868. The number of nitrogens with zero attached hydrogens (tertiary/aromatic N) is 2. The molecular weight excluding hydrogens is 516 g/mol. The Labute approximate surface area is 231 Å². The number of nitrogens with two attached hydrogens (primary N) is 1. The Morgan fingerprint density at radius 2 is 1.67 bits per heavy atom. The van der Waals surface area contributed by atoms with Gasteiger partial charge in [0.25, 0.3) is 15.9 Å². The van der Waals surface area contributed by atoms with Crippen LogP contribution < -0.4 is 10.5 Å². The molecule has 2 amide bonds. The number of carbonyl (C=O) groups is 2. The molecule has 1 unspecified atom stereocenters. The highest BCUT2D eigenvalue weighted by Gasteiger charge is 2.46. The summed E-state index contributed by atoms with van der Waals surface area (Å²) >= 11 is 0. The van der Waals surface area contributed by atoms with Crippen molar-refractivity contribution in [3.05, 3.63) is 65.4 Å². The molecule has 0 aliphatic rings.